The Bertz CT molecular complexity index is 703. The van der Waals surface area contributed by atoms with Crippen LogP contribution in [0.25, 0.3) is 0 Å². The van der Waals surface area contributed by atoms with E-state index in [1.807, 2.05) is 0 Å². The van der Waals surface area contributed by atoms with E-state index in [9.17, 15) is 28.1 Å². The van der Waals surface area contributed by atoms with Crippen LogP contribution in [0.5, 0.6) is 0 Å². The number of carboxylic acids is 1. The molecule has 0 saturated heterocycles. The maximum absolute atomic E-state index is 12.6. The van der Waals surface area contributed by atoms with Gasteiger partial charge in [0, 0.05) is 0 Å². The molecule has 2 heterocycles. The Labute approximate surface area is 113 Å². The van der Waals surface area contributed by atoms with Gasteiger partial charge in [0.25, 0.3) is 0 Å². The van der Waals surface area contributed by atoms with Crippen LogP contribution in [0.4, 0.5) is 18.9 Å². The highest BCUT2D eigenvalue weighted by atomic mass is 19.4. The summed E-state index contributed by atoms with van der Waals surface area (Å²) < 4.78 is 43.3. The van der Waals surface area contributed by atoms with Crippen molar-refractivity contribution < 1.29 is 32.4 Å². The molecule has 0 aliphatic heterocycles. The number of hydrogen-bond acceptors (Lipinski definition) is 5. The highest BCUT2D eigenvalue weighted by Gasteiger charge is 2.42. The number of nitro groups is 1. The molecule has 0 atom stereocenters. The van der Waals surface area contributed by atoms with Crippen molar-refractivity contribution in [3.05, 3.63) is 45.7 Å². The fourth-order valence-electron chi connectivity index (χ4n) is 1.56. The third kappa shape index (κ3) is 3.01. The third-order valence-corrected chi connectivity index (χ3v) is 2.40. The molecule has 0 saturated carbocycles. The lowest BCUT2D eigenvalue weighted by molar-refractivity contribution is -0.388. The molecule has 11 heteroatoms. The summed E-state index contributed by atoms with van der Waals surface area (Å²) in [5.41, 5.74) is -2.81. The summed E-state index contributed by atoms with van der Waals surface area (Å²) in [6, 6.07) is 2.34. The number of aromatic nitrogens is 2. The van der Waals surface area contributed by atoms with Gasteiger partial charge >= 0.3 is 17.8 Å². The van der Waals surface area contributed by atoms with Crippen molar-refractivity contribution in [2.45, 2.75) is 12.7 Å². The number of carbonyl (C=O) groups is 1. The predicted molar refractivity (Wildman–Crippen MR) is 58.7 cm³/mol. The van der Waals surface area contributed by atoms with Crippen molar-refractivity contribution in [3.8, 4) is 0 Å². The first-order valence-electron chi connectivity index (χ1n) is 5.29. The lowest BCUT2D eigenvalue weighted by atomic mass is 10.4. The molecule has 0 aromatic carbocycles. The van der Waals surface area contributed by atoms with Gasteiger partial charge in [0.05, 0.1) is 11.5 Å². The molecule has 0 radical (unpaired) electrons. The van der Waals surface area contributed by atoms with Crippen molar-refractivity contribution in [1.29, 1.82) is 0 Å². The molecule has 0 unspecified atom stereocenters. The molecule has 21 heavy (non-hydrogen) atoms. The third-order valence-electron chi connectivity index (χ3n) is 2.40. The monoisotopic (exact) mass is 305 g/mol. The van der Waals surface area contributed by atoms with Crippen LogP contribution in [0.1, 0.15) is 22.0 Å². The molecule has 0 aliphatic carbocycles. The Morgan fingerprint density at radius 1 is 1.48 bits per heavy atom. The van der Waals surface area contributed by atoms with Gasteiger partial charge in [0.2, 0.25) is 11.5 Å². The molecule has 8 nitrogen and oxygen atoms in total. The quantitative estimate of drug-likeness (QED) is 0.684. The summed E-state index contributed by atoms with van der Waals surface area (Å²) in [7, 11) is 0. The smallest absolute Gasteiger partial charge is 0.442 e. The summed E-state index contributed by atoms with van der Waals surface area (Å²) in [6.07, 6.45) is -4.37. The van der Waals surface area contributed by atoms with E-state index in [2.05, 4.69) is 5.10 Å². The van der Waals surface area contributed by atoms with E-state index in [-0.39, 0.29) is 12.3 Å². The van der Waals surface area contributed by atoms with Crippen LogP contribution in [0.15, 0.2) is 22.7 Å². The number of nitrogens with zero attached hydrogens (tertiary/aromatic N) is 3. The second-order valence-corrected chi connectivity index (χ2v) is 3.89. The van der Waals surface area contributed by atoms with Gasteiger partial charge in [-0.2, -0.15) is 18.3 Å². The fourth-order valence-corrected chi connectivity index (χ4v) is 1.56. The van der Waals surface area contributed by atoms with Crippen molar-refractivity contribution in [1.82, 2.24) is 9.78 Å². The topological polar surface area (TPSA) is 111 Å². The average molecular weight is 305 g/mol. The first-order chi connectivity index (χ1) is 9.68. The number of furan rings is 1. The second kappa shape index (κ2) is 4.92. The van der Waals surface area contributed by atoms with E-state index in [0.29, 0.717) is 10.9 Å². The van der Waals surface area contributed by atoms with Crippen molar-refractivity contribution >= 4 is 11.7 Å². The normalized spacial score (nSPS) is 11.6. The van der Waals surface area contributed by atoms with E-state index in [0.717, 1.165) is 6.07 Å². The number of rotatable bonds is 4. The number of aromatic carboxylic acids is 1. The molecule has 0 aliphatic rings. The summed E-state index contributed by atoms with van der Waals surface area (Å²) in [4.78, 5) is 20.0. The molecular weight excluding hydrogens is 299 g/mol. The van der Waals surface area contributed by atoms with Gasteiger partial charge in [-0.25, -0.2) is 4.79 Å². The number of halogens is 3. The molecule has 0 spiro atoms. The van der Waals surface area contributed by atoms with Crippen molar-refractivity contribution in [2.24, 2.45) is 0 Å². The largest absolute Gasteiger partial charge is 0.475 e. The van der Waals surface area contributed by atoms with Gasteiger partial charge in [-0.3, -0.25) is 14.8 Å². The Hall–Kier alpha value is -2.85. The zero-order valence-corrected chi connectivity index (χ0v) is 9.99. The SMILES string of the molecule is O=C(O)c1ccc(Cn2cc([N+](=O)[O-])c(C(F)(F)F)n2)o1. The second-order valence-electron chi connectivity index (χ2n) is 3.89. The standard InChI is InChI=1S/C10H6F3N3O5/c11-10(12,13)8-6(16(19)20)4-15(14-8)3-5-1-2-7(21-5)9(17)18/h1-2,4H,3H2,(H,17,18). The van der Waals surface area contributed by atoms with E-state index in [4.69, 9.17) is 9.52 Å². The van der Waals surface area contributed by atoms with E-state index < -0.39 is 34.2 Å². The zero-order valence-electron chi connectivity index (χ0n) is 9.99. The van der Waals surface area contributed by atoms with Crippen LogP contribution in [0.2, 0.25) is 0 Å². The Balaban J connectivity index is 2.32. The van der Waals surface area contributed by atoms with Crippen LogP contribution in [-0.2, 0) is 12.7 Å². The summed E-state index contributed by atoms with van der Waals surface area (Å²) in [5, 5.41) is 22.3. The first-order valence-corrected chi connectivity index (χ1v) is 5.29. The molecule has 2 aromatic heterocycles. The van der Waals surface area contributed by atoms with Gasteiger partial charge < -0.3 is 9.52 Å². The first kappa shape index (κ1) is 14.6. The average Bonchev–Trinajstić information content (AvgIpc) is 2.95. The molecule has 112 valence electrons. The van der Waals surface area contributed by atoms with Crippen molar-refractivity contribution in [2.75, 3.05) is 0 Å². The highest BCUT2D eigenvalue weighted by molar-refractivity contribution is 5.84. The minimum Gasteiger partial charge on any atom is -0.475 e. The summed E-state index contributed by atoms with van der Waals surface area (Å²) >= 11 is 0. The van der Waals surface area contributed by atoms with Crippen LogP contribution >= 0.6 is 0 Å². The zero-order chi connectivity index (χ0) is 15.8. The highest BCUT2D eigenvalue weighted by Crippen LogP contribution is 2.34. The molecule has 2 aromatic rings. The molecule has 0 bridgehead atoms. The molecular formula is C10H6F3N3O5. The minimum atomic E-state index is -4.97. The molecule has 1 N–H and O–H groups in total. The Morgan fingerprint density at radius 2 is 2.14 bits per heavy atom. The maximum atomic E-state index is 12.6. The van der Waals surface area contributed by atoms with Crippen LogP contribution < -0.4 is 0 Å². The van der Waals surface area contributed by atoms with E-state index in [1.165, 1.54) is 6.07 Å². The predicted octanol–water partition coefficient (Wildman–Crippen LogP) is 2.15. The minimum absolute atomic E-state index is 0.00137. The number of hydrogen-bond donors (Lipinski definition) is 1. The van der Waals surface area contributed by atoms with Crippen LogP contribution in [0, 0.1) is 10.1 Å². The molecule has 0 fully saturated rings. The van der Waals surface area contributed by atoms with Crippen LogP contribution in [0.3, 0.4) is 0 Å². The fraction of sp³-hybridized carbons (Fsp3) is 0.200. The number of alkyl halides is 3. The summed E-state index contributed by atoms with van der Waals surface area (Å²) in [6.45, 7) is -0.371. The lowest BCUT2D eigenvalue weighted by Crippen LogP contribution is -2.10. The van der Waals surface area contributed by atoms with Gasteiger partial charge in [-0.15, -0.1) is 0 Å². The summed E-state index contributed by atoms with van der Waals surface area (Å²) in [5.74, 6) is -1.75. The van der Waals surface area contributed by atoms with Gasteiger partial charge in [0.1, 0.15) is 12.0 Å². The molecule has 0 amide bonds. The maximum Gasteiger partial charge on any atom is 0.442 e. The lowest BCUT2D eigenvalue weighted by Gasteiger charge is -2.00. The van der Waals surface area contributed by atoms with Crippen LogP contribution in [-0.4, -0.2) is 25.8 Å². The Morgan fingerprint density at radius 3 is 2.57 bits per heavy atom. The van der Waals surface area contributed by atoms with E-state index >= 15 is 0 Å². The van der Waals surface area contributed by atoms with E-state index in [1.54, 1.807) is 0 Å². The van der Waals surface area contributed by atoms with Crippen molar-refractivity contribution in [3.63, 3.8) is 0 Å². The molecule has 2 rings (SSSR count). The van der Waals surface area contributed by atoms with Gasteiger partial charge in [0.15, 0.2) is 0 Å². The number of carboxylic acid groups (broad SMARTS) is 1. The van der Waals surface area contributed by atoms with Gasteiger partial charge in [-0.1, -0.05) is 0 Å². The van der Waals surface area contributed by atoms with Gasteiger partial charge in [-0.05, 0) is 12.1 Å². The Kier molecular flexibility index (Phi) is 3.41.